The SMILES string of the molecule is NCCC(N)C(=O)O.NCCCCC(N)C(=O)O.O=C(O)CC(=O)O. The van der Waals surface area contributed by atoms with Gasteiger partial charge in [-0.25, -0.2) is 0 Å². The first-order valence-electron chi connectivity index (χ1n) is 7.30. The first-order valence-corrected chi connectivity index (χ1v) is 7.30. The van der Waals surface area contributed by atoms with Gasteiger partial charge in [0.2, 0.25) is 0 Å². The van der Waals surface area contributed by atoms with Crippen LogP contribution in [0.25, 0.3) is 0 Å². The molecule has 0 aromatic rings. The maximum Gasteiger partial charge on any atom is 0.320 e. The first-order chi connectivity index (χ1) is 11.5. The minimum atomic E-state index is -1.31. The predicted octanol–water partition coefficient (Wildman–Crippen LogP) is -2.18. The Morgan fingerprint density at radius 2 is 1.08 bits per heavy atom. The molecule has 0 amide bonds. The van der Waals surface area contributed by atoms with Crippen molar-refractivity contribution in [2.75, 3.05) is 13.1 Å². The zero-order valence-corrected chi connectivity index (χ0v) is 13.8. The molecule has 0 heterocycles. The molecule has 12 nitrogen and oxygen atoms in total. The third-order valence-corrected chi connectivity index (χ3v) is 2.38. The molecule has 12 heteroatoms. The molecule has 0 radical (unpaired) electrons. The summed E-state index contributed by atoms with van der Waals surface area (Å²) in [5.41, 5.74) is 20.5. The normalized spacial score (nSPS) is 11.7. The van der Waals surface area contributed by atoms with Gasteiger partial charge in [-0.1, -0.05) is 6.42 Å². The minimum Gasteiger partial charge on any atom is -0.481 e. The second-order valence-electron chi connectivity index (χ2n) is 4.72. The van der Waals surface area contributed by atoms with E-state index in [4.69, 9.17) is 43.4 Å². The molecule has 0 aromatic carbocycles. The summed E-state index contributed by atoms with van der Waals surface area (Å²) in [7, 11) is 0. The summed E-state index contributed by atoms with van der Waals surface area (Å²) >= 11 is 0. The summed E-state index contributed by atoms with van der Waals surface area (Å²) in [5.74, 6) is -4.55. The fourth-order valence-electron chi connectivity index (χ4n) is 1.06. The van der Waals surface area contributed by atoms with E-state index in [1.807, 2.05) is 0 Å². The van der Waals surface area contributed by atoms with Gasteiger partial charge in [0, 0.05) is 0 Å². The average Bonchev–Trinajstić information content (AvgIpc) is 2.47. The van der Waals surface area contributed by atoms with Crippen molar-refractivity contribution in [1.82, 2.24) is 0 Å². The molecule has 0 fully saturated rings. The van der Waals surface area contributed by atoms with Crippen LogP contribution in [0, 0.1) is 0 Å². The highest BCUT2D eigenvalue weighted by Gasteiger charge is 2.09. The number of carbonyl (C=O) groups is 4. The van der Waals surface area contributed by atoms with Crippen molar-refractivity contribution in [3.05, 3.63) is 0 Å². The molecule has 0 rings (SSSR count). The summed E-state index contributed by atoms with van der Waals surface area (Å²) < 4.78 is 0. The van der Waals surface area contributed by atoms with E-state index >= 15 is 0 Å². The lowest BCUT2D eigenvalue weighted by Gasteiger charge is -2.03. The third-order valence-electron chi connectivity index (χ3n) is 2.38. The summed E-state index contributed by atoms with van der Waals surface area (Å²) in [6.07, 6.45) is 1.70. The zero-order chi connectivity index (χ0) is 20.4. The third kappa shape index (κ3) is 26.9. The quantitative estimate of drug-likeness (QED) is 0.151. The van der Waals surface area contributed by atoms with Crippen LogP contribution >= 0.6 is 0 Å². The summed E-state index contributed by atoms with van der Waals surface area (Å²) in [6, 6.07) is -1.51. The number of rotatable bonds is 10. The smallest absolute Gasteiger partial charge is 0.320 e. The molecular weight excluding hydrogens is 340 g/mol. The lowest BCUT2D eigenvalue weighted by atomic mass is 10.1. The number of carboxylic acid groups (broad SMARTS) is 4. The molecule has 0 saturated heterocycles. The van der Waals surface area contributed by atoms with Crippen LogP contribution in [-0.4, -0.2) is 69.5 Å². The van der Waals surface area contributed by atoms with Gasteiger partial charge in [0.15, 0.2) is 0 Å². The molecule has 0 spiro atoms. The molecule has 0 bridgehead atoms. The predicted molar refractivity (Wildman–Crippen MR) is 87.7 cm³/mol. The van der Waals surface area contributed by atoms with E-state index in [1.165, 1.54) is 0 Å². The number of hydrogen-bond acceptors (Lipinski definition) is 8. The van der Waals surface area contributed by atoms with Crippen LogP contribution in [0.15, 0.2) is 0 Å². The first kappa shape index (κ1) is 27.6. The zero-order valence-electron chi connectivity index (χ0n) is 13.8. The van der Waals surface area contributed by atoms with Crippen LogP contribution in [0.4, 0.5) is 0 Å². The van der Waals surface area contributed by atoms with Gasteiger partial charge in [-0.15, -0.1) is 0 Å². The maximum atomic E-state index is 10.1. The number of nitrogens with two attached hydrogens (primary N) is 4. The highest BCUT2D eigenvalue weighted by molar-refractivity contribution is 5.88. The Morgan fingerprint density at radius 1 is 0.680 bits per heavy atom. The number of hydrogen-bond donors (Lipinski definition) is 8. The molecule has 0 aliphatic heterocycles. The van der Waals surface area contributed by atoms with Crippen molar-refractivity contribution in [2.24, 2.45) is 22.9 Å². The fourth-order valence-corrected chi connectivity index (χ4v) is 1.06. The van der Waals surface area contributed by atoms with Crippen molar-refractivity contribution in [2.45, 2.75) is 44.2 Å². The lowest BCUT2D eigenvalue weighted by Crippen LogP contribution is -2.32. The van der Waals surface area contributed by atoms with Gasteiger partial charge in [-0.3, -0.25) is 19.2 Å². The van der Waals surface area contributed by atoms with Crippen LogP contribution in [0.5, 0.6) is 0 Å². The van der Waals surface area contributed by atoms with Gasteiger partial charge in [0.1, 0.15) is 18.5 Å². The van der Waals surface area contributed by atoms with E-state index in [0.717, 1.165) is 12.8 Å². The van der Waals surface area contributed by atoms with Crippen molar-refractivity contribution in [1.29, 1.82) is 0 Å². The van der Waals surface area contributed by atoms with E-state index in [0.29, 0.717) is 25.9 Å². The van der Waals surface area contributed by atoms with E-state index in [-0.39, 0.29) is 0 Å². The van der Waals surface area contributed by atoms with Crippen LogP contribution in [0.2, 0.25) is 0 Å². The van der Waals surface area contributed by atoms with Gasteiger partial charge in [0.25, 0.3) is 0 Å². The van der Waals surface area contributed by atoms with E-state index < -0.39 is 42.4 Å². The molecular formula is C13H28N4O8. The molecule has 2 unspecified atom stereocenters. The van der Waals surface area contributed by atoms with Gasteiger partial charge in [-0.05, 0) is 32.4 Å². The highest BCUT2D eigenvalue weighted by Crippen LogP contribution is 1.96. The Morgan fingerprint density at radius 3 is 1.28 bits per heavy atom. The number of aliphatic carboxylic acids is 4. The van der Waals surface area contributed by atoms with Gasteiger partial charge >= 0.3 is 23.9 Å². The molecule has 2 atom stereocenters. The van der Waals surface area contributed by atoms with Gasteiger partial charge in [-0.2, -0.15) is 0 Å². The standard InChI is InChI=1S/C6H14N2O2.C4H10N2O2.C3H4O4/c7-4-2-1-3-5(8)6(9)10;5-2-1-3(6)4(7)8;4-2(5)1-3(6)7/h5H,1-4,7-8H2,(H,9,10);3H,1-2,5-6H2,(H,7,8);1H2,(H,4,5)(H,6,7). The Labute approximate surface area is 144 Å². The molecule has 0 saturated carbocycles. The van der Waals surface area contributed by atoms with Crippen LogP contribution in [0.1, 0.15) is 32.1 Å². The van der Waals surface area contributed by atoms with E-state index in [1.54, 1.807) is 0 Å². The Kier molecular flexibility index (Phi) is 19.9. The van der Waals surface area contributed by atoms with Gasteiger partial charge < -0.3 is 43.4 Å². The van der Waals surface area contributed by atoms with Crippen molar-refractivity contribution in [3.63, 3.8) is 0 Å². The number of unbranched alkanes of at least 4 members (excludes halogenated alkanes) is 1. The highest BCUT2D eigenvalue weighted by atomic mass is 16.4. The second kappa shape index (κ2) is 18.1. The van der Waals surface area contributed by atoms with Crippen molar-refractivity contribution < 1.29 is 39.6 Å². The minimum absolute atomic E-state index is 0.327. The van der Waals surface area contributed by atoms with E-state index in [9.17, 15) is 19.2 Å². The lowest BCUT2D eigenvalue weighted by molar-refractivity contribution is -0.147. The van der Waals surface area contributed by atoms with Crippen LogP contribution in [-0.2, 0) is 19.2 Å². The largest absolute Gasteiger partial charge is 0.481 e. The van der Waals surface area contributed by atoms with Crippen molar-refractivity contribution in [3.8, 4) is 0 Å². The summed E-state index contributed by atoms with van der Waals surface area (Å²) in [6.45, 7) is 0.930. The molecule has 25 heavy (non-hydrogen) atoms. The molecule has 12 N–H and O–H groups in total. The van der Waals surface area contributed by atoms with Crippen molar-refractivity contribution >= 4 is 23.9 Å². The summed E-state index contributed by atoms with van der Waals surface area (Å²) in [4.78, 5) is 38.9. The topological polar surface area (TPSA) is 253 Å². The Balaban J connectivity index is -0.000000296. The molecule has 0 aromatic heterocycles. The maximum absolute atomic E-state index is 10.1. The monoisotopic (exact) mass is 368 g/mol. The number of carboxylic acids is 4. The van der Waals surface area contributed by atoms with Gasteiger partial charge in [0.05, 0.1) is 0 Å². The second-order valence-corrected chi connectivity index (χ2v) is 4.72. The van der Waals surface area contributed by atoms with E-state index in [2.05, 4.69) is 0 Å². The Hall–Kier alpha value is -2.28. The average molecular weight is 368 g/mol. The molecule has 148 valence electrons. The molecule has 0 aliphatic rings. The van der Waals surface area contributed by atoms with Crippen LogP contribution < -0.4 is 22.9 Å². The Bertz CT molecular complexity index is 393. The summed E-state index contributed by atoms with van der Waals surface area (Å²) in [5, 5.41) is 31.9. The van der Waals surface area contributed by atoms with Crippen LogP contribution in [0.3, 0.4) is 0 Å². The molecule has 0 aliphatic carbocycles. The fraction of sp³-hybridized carbons (Fsp3) is 0.692.